The Labute approximate surface area is 285 Å². The fourth-order valence-corrected chi connectivity index (χ4v) is 5.35. The Kier molecular flexibility index (Phi) is 3.93. The number of hydrogen-bond acceptors (Lipinski definition) is 1. The molecule has 0 bridgehead atoms. The Morgan fingerprint density at radius 1 is 0.378 bits per heavy atom. The number of anilines is 3. The first-order valence-corrected chi connectivity index (χ1v) is 14.2. The quantitative estimate of drug-likeness (QED) is 0.187. The van der Waals surface area contributed by atoms with Gasteiger partial charge in [0.2, 0.25) is 0 Å². The van der Waals surface area contributed by atoms with E-state index in [2.05, 4.69) is 0 Å². The average Bonchev–Trinajstić information content (AvgIpc) is 3.25. The molecule has 0 saturated heterocycles. The summed E-state index contributed by atoms with van der Waals surface area (Å²) in [4.78, 5) is 0.759. The van der Waals surface area contributed by atoms with Gasteiger partial charge in [-0.25, -0.2) is 0 Å². The van der Waals surface area contributed by atoms with Crippen LogP contribution in [-0.4, -0.2) is 0 Å². The summed E-state index contributed by atoms with van der Waals surface area (Å²) in [6, 6.07) is 18.0. The van der Waals surface area contributed by atoms with Gasteiger partial charge in [0, 0.05) is 16.8 Å². The summed E-state index contributed by atoms with van der Waals surface area (Å²) >= 11 is 0. The fourth-order valence-electron chi connectivity index (χ4n) is 5.35. The molecule has 0 fully saturated rings. The molecule has 8 aromatic carbocycles. The van der Waals surface area contributed by atoms with Crippen LogP contribution in [0.1, 0.15) is 20.6 Å². The van der Waals surface area contributed by atoms with E-state index in [9.17, 15) is 9.60 Å². The van der Waals surface area contributed by atoms with E-state index < -0.39 is 118 Å². The van der Waals surface area contributed by atoms with E-state index in [1.807, 2.05) is 48.5 Å². The van der Waals surface area contributed by atoms with Crippen molar-refractivity contribution in [2.24, 2.45) is 0 Å². The zero-order valence-corrected chi connectivity index (χ0v) is 23.7. The van der Waals surface area contributed by atoms with Crippen molar-refractivity contribution >= 4 is 38.6 Å². The van der Waals surface area contributed by atoms with Crippen molar-refractivity contribution in [3.63, 3.8) is 0 Å². The van der Waals surface area contributed by atoms with Crippen LogP contribution in [0.5, 0.6) is 0 Å². The molecule has 0 amide bonds. The number of rotatable bonds is 6. The van der Waals surface area contributed by atoms with Gasteiger partial charge in [0.25, 0.3) is 0 Å². The number of nitrogens with zero attached hydrogens (tertiary/aromatic N) is 1. The fraction of sp³-hybridized carbons (Fsp3) is 0. The molecule has 212 valence electrons. The van der Waals surface area contributed by atoms with Crippen molar-refractivity contribution in [2.75, 3.05) is 4.90 Å². The molecule has 45 heavy (non-hydrogen) atoms. The summed E-state index contributed by atoms with van der Waals surface area (Å²) in [5, 5.41) is 0.903. The predicted octanol–water partition coefficient (Wildman–Crippen LogP) is 12.5. The molecular formula is C44H31N. The van der Waals surface area contributed by atoms with Crippen LogP contribution in [0.3, 0.4) is 0 Å². The van der Waals surface area contributed by atoms with Gasteiger partial charge in [-0.15, -0.1) is 0 Å². The third-order valence-electron chi connectivity index (χ3n) is 7.50. The third-order valence-corrected chi connectivity index (χ3v) is 7.50. The second-order valence-electron chi connectivity index (χ2n) is 10.2. The zero-order chi connectivity index (χ0) is 43.1. The minimum Gasteiger partial charge on any atom is -0.310 e. The molecule has 0 spiro atoms. The molecule has 0 atom stereocenters. The molecule has 0 heterocycles. The van der Waals surface area contributed by atoms with Crippen LogP contribution in [0.25, 0.3) is 54.9 Å². The zero-order valence-electron chi connectivity index (χ0n) is 38.7. The second-order valence-corrected chi connectivity index (χ2v) is 10.2. The Balaban J connectivity index is 1.48. The standard InChI is InChI=1S/C44H31N/c1-2-11-32(12-3-1)33-23-27-39(28-24-33)45(44-22-10-16-36-14-5-7-20-43(36)44)40-29-25-34(26-30-40)37-17-8-18-38(31-37)42-21-9-15-35-13-4-6-19-41(35)42/h1-31H/i5D,7D,10D,14D,16D,20D,22D,23D,24D,25D,26D,27D,28D,29D,30D. The average molecular weight is 589 g/mol. The second kappa shape index (κ2) is 11.6. The van der Waals surface area contributed by atoms with E-state index in [4.69, 9.17) is 11.0 Å². The highest BCUT2D eigenvalue weighted by atomic mass is 15.1. The van der Waals surface area contributed by atoms with Crippen LogP contribution in [0, 0.1) is 0 Å². The topological polar surface area (TPSA) is 3.24 Å². The lowest BCUT2D eigenvalue weighted by Crippen LogP contribution is -2.10. The molecule has 0 saturated carbocycles. The predicted molar refractivity (Wildman–Crippen MR) is 192 cm³/mol. The van der Waals surface area contributed by atoms with E-state index >= 15 is 0 Å². The first kappa shape index (κ1) is 15.2. The van der Waals surface area contributed by atoms with E-state index in [1.54, 1.807) is 48.5 Å². The smallest absolute Gasteiger partial charge is 0.0645 e. The van der Waals surface area contributed by atoms with Crippen LogP contribution >= 0.6 is 0 Å². The van der Waals surface area contributed by atoms with Gasteiger partial charge >= 0.3 is 0 Å². The van der Waals surface area contributed by atoms with Crippen molar-refractivity contribution < 1.29 is 20.6 Å². The summed E-state index contributed by atoms with van der Waals surface area (Å²) in [6.45, 7) is 0. The van der Waals surface area contributed by atoms with Gasteiger partial charge in [-0.1, -0.05) is 151 Å². The summed E-state index contributed by atoms with van der Waals surface area (Å²) in [5.41, 5.74) is 0.0242. The largest absolute Gasteiger partial charge is 0.310 e. The van der Waals surface area contributed by atoms with Crippen LogP contribution in [0.2, 0.25) is 0 Å². The third kappa shape index (κ3) is 5.15. The highest BCUT2D eigenvalue weighted by molar-refractivity contribution is 5.99. The van der Waals surface area contributed by atoms with Gasteiger partial charge in [-0.3, -0.25) is 0 Å². The van der Waals surface area contributed by atoms with Crippen molar-refractivity contribution in [3.8, 4) is 33.4 Å². The Bertz CT molecular complexity index is 3040. The molecule has 1 nitrogen and oxygen atoms in total. The maximum absolute atomic E-state index is 9.50. The molecule has 0 aromatic heterocycles. The summed E-state index contributed by atoms with van der Waals surface area (Å²) < 4.78 is 136. The lowest BCUT2D eigenvalue weighted by atomic mass is 9.95. The van der Waals surface area contributed by atoms with Gasteiger partial charge in [0.15, 0.2) is 0 Å². The Hall–Kier alpha value is -5.92. The highest BCUT2D eigenvalue weighted by Crippen LogP contribution is 2.40. The van der Waals surface area contributed by atoms with Gasteiger partial charge in [-0.05, 0) is 85.8 Å². The summed E-state index contributed by atoms with van der Waals surface area (Å²) in [5.74, 6) is 0. The van der Waals surface area contributed by atoms with E-state index in [1.165, 1.54) is 0 Å². The molecule has 0 N–H and O–H groups in total. The minimum absolute atomic E-state index is 0.101. The summed E-state index contributed by atoms with van der Waals surface area (Å²) in [6.07, 6.45) is 0. The molecular weight excluding hydrogens is 542 g/mol. The molecule has 8 aromatic rings. The van der Waals surface area contributed by atoms with E-state index in [0.29, 0.717) is 11.1 Å². The summed E-state index contributed by atoms with van der Waals surface area (Å²) in [7, 11) is 0. The minimum atomic E-state index is -0.856. The molecule has 0 aliphatic rings. The van der Waals surface area contributed by atoms with Crippen LogP contribution in [-0.2, 0) is 0 Å². The molecule has 0 radical (unpaired) electrons. The Morgan fingerprint density at radius 3 is 1.78 bits per heavy atom. The van der Waals surface area contributed by atoms with Crippen LogP contribution in [0.15, 0.2) is 188 Å². The first-order valence-electron chi connectivity index (χ1n) is 21.7. The van der Waals surface area contributed by atoms with Gasteiger partial charge < -0.3 is 4.90 Å². The van der Waals surface area contributed by atoms with Crippen molar-refractivity contribution in [1.82, 2.24) is 0 Å². The first-order chi connectivity index (χ1) is 28.6. The van der Waals surface area contributed by atoms with Crippen molar-refractivity contribution in [1.29, 1.82) is 0 Å². The lowest BCUT2D eigenvalue weighted by molar-refractivity contribution is 1.30. The maximum atomic E-state index is 9.50. The lowest BCUT2D eigenvalue weighted by Gasteiger charge is -2.27. The van der Waals surface area contributed by atoms with Crippen molar-refractivity contribution in [3.05, 3.63) is 188 Å². The van der Waals surface area contributed by atoms with Crippen LogP contribution < -0.4 is 4.90 Å². The van der Waals surface area contributed by atoms with Gasteiger partial charge in [-0.2, -0.15) is 0 Å². The highest BCUT2D eigenvalue weighted by Gasteiger charge is 2.16. The van der Waals surface area contributed by atoms with Gasteiger partial charge in [0.05, 0.1) is 26.2 Å². The SMILES string of the molecule is [2H]c1c([2H])c(N(c2c([2H])c([2H])c(-c3cccc(-c4cccc5ccccc45)c3)c([2H])c2[2H])c2c([2H])c([2H])c([2H])c3c([2H])c([2H])c([2H])c([2H])c23)c([2H])c([2H])c1-c1ccccc1. The van der Waals surface area contributed by atoms with Gasteiger partial charge in [0.1, 0.15) is 0 Å². The molecule has 1 heteroatoms. The normalized spacial score (nSPS) is 15.8. The number of benzene rings is 8. The number of hydrogen-bond donors (Lipinski definition) is 0. The molecule has 0 aliphatic carbocycles. The van der Waals surface area contributed by atoms with Crippen LogP contribution in [0.4, 0.5) is 17.1 Å². The Morgan fingerprint density at radius 2 is 0.978 bits per heavy atom. The number of fused-ring (bicyclic) bond motifs is 2. The van der Waals surface area contributed by atoms with Crippen molar-refractivity contribution in [2.45, 2.75) is 0 Å². The molecule has 0 aliphatic heterocycles. The van der Waals surface area contributed by atoms with E-state index in [0.717, 1.165) is 26.8 Å². The maximum Gasteiger partial charge on any atom is 0.0645 e. The monoisotopic (exact) mass is 588 g/mol. The molecule has 8 rings (SSSR count). The molecule has 0 unspecified atom stereocenters. The van der Waals surface area contributed by atoms with E-state index in [-0.39, 0.29) is 11.1 Å².